The summed E-state index contributed by atoms with van der Waals surface area (Å²) in [4.78, 5) is 10.9. The number of carbonyl (C=O) groups excluding carboxylic acids is 1. The van der Waals surface area contributed by atoms with Gasteiger partial charge in [0.25, 0.3) is 0 Å². The van der Waals surface area contributed by atoms with Gasteiger partial charge in [0.15, 0.2) is 9.84 Å². The summed E-state index contributed by atoms with van der Waals surface area (Å²) < 4.78 is 32.8. The SMILES string of the molecule is COC(=O)CS(=O)(=O)CC(O)COc1cccc(CN)c1. The molecule has 0 heterocycles. The molecule has 118 valence electrons. The molecule has 1 rings (SSSR count). The van der Waals surface area contributed by atoms with Crippen LogP contribution in [0, 0.1) is 0 Å². The van der Waals surface area contributed by atoms with Crippen molar-refractivity contribution in [2.24, 2.45) is 5.73 Å². The van der Waals surface area contributed by atoms with Gasteiger partial charge in [-0.15, -0.1) is 0 Å². The number of aliphatic hydroxyl groups excluding tert-OH is 1. The largest absolute Gasteiger partial charge is 0.491 e. The van der Waals surface area contributed by atoms with Crippen LogP contribution in [0.25, 0.3) is 0 Å². The minimum absolute atomic E-state index is 0.200. The quantitative estimate of drug-likeness (QED) is 0.619. The number of benzene rings is 1. The van der Waals surface area contributed by atoms with Gasteiger partial charge < -0.3 is 20.3 Å². The van der Waals surface area contributed by atoms with Crippen LogP contribution < -0.4 is 10.5 Å². The molecule has 0 fully saturated rings. The summed E-state index contributed by atoms with van der Waals surface area (Å²) in [5.41, 5.74) is 6.35. The molecule has 0 aromatic heterocycles. The summed E-state index contributed by atoms with van der Waals surface area (Å²) >= 11 is 0. The summed E-state index contributed by atoms with van der Waals surface area (Å²) in [5, 5.41) is 9.68. The van der Waals surface area contributed by atoms with E-state index in [1.807, 2.05) is 6.07 Å². The topological polar surface area (TPSA) is 116 Å². The van der Waals surface area contributed by atoms with Gasteiger partial charge in [-0.3, -0.25) is 4.79 Å². The number of sulfone groups is 1. The predicted molar refractivity (Wildman–Crippen MR) is 76.5 cm³/mol. The summed E-state index contributed by atoms with van der Waals surface area (Å²) in [6.07, 6.45) is -1.24. The highest BCUT2D eigenvalue weighted by Gasteiger charge is 2.22. The first kappa shape index (κ1) is 17.4. The van der Waals surface area contributed by atoms with E-state index in [1.54, 1.807) is 18.2 Å². The maximum atomic E-state index is 11.6. The number of carbonyl (C=O) groups is 1. The Labute approximate surface area is 123 Å². The summed E-state index contributed by atoms with van der Waals surface area (Å²) in [6, 6.07) is 6.95. The van der Waals surface area contributed by atoms with Crippen molar-refractivity contribution >= 4 is 15.8 Å². The van der Waals surface area contributed by atoms with Crippen molar-refractivity contribution in [1.82, 2.24) is 0 Å². The number of rotatable bonds is 8. The Balaban J connectivity index is 2.50. The van der Waals surface area contributed by atoms with Crippen LogP contribution in [0.2, 0.25) is 0 Å². The average molecular weight is 317 g/mol. The van der Waals surface area contributed by atoms with Gasteiger partial charge in [-0.2, -0.15) is 0 Å². The third-order valence-electron chi connectivity index (χ3n) is 2.59. The van der Waals surface area contributed by atoms with Crippen LogP contribution in [0.15, 0.2) is 24.3 Å². The highest BCUT2D eigenvalue weighted by molar-refractivity contribution is 7.92. The summed E-state index contributed by atoms with van der Waals surface area (Å²) in [7, 11) is -2.63. The van der Waals surface area contributed by atoms with Gasteiger partial charge in [-0.25, -0.2) is 8.42 Å². The lowest BCUT2D eigenvalue weighted by atomic mass is 10.2. The van der Waals surface area contributed by atoms with E-state index >= 15 is 0 Å². The number of nitrogens with two attached hydrogens (primary N) is 1. The summed E-state index contributed by atoms with van der Waals surface area (Å²) in [5.74, 6) is -1.71. The molecule has 0 aliphatic heterocycles. The van der Waals surface area contributed by atoms with E-state index in [9.17, 15) is 18.3 Å². The number of aliphatic hydroxyl groups is 1. The lowest BCUT2D eigenvalue weighted by Crippen LogP contribution is -2.30. The fraction of sp³-hybridized carbons (Fsp3) is 0.462. The fourth-order valence-corrected chi connectivity index (χ4v) is 2.87. The molecule has 0 amide bonds. The molecule has 0 bridgehead atoms. The van der Waals surface area contributed by atoms with Crippen LogP contribution in [-0.2, 0) is 25.9 Å². The number of ether oxygens (including phenoxy) is 2. The van der Waals surface area contributed by atoms with Gasteiger partial charge in [-0.1, -0.05) is 12.1 Å². The number of methoxy groups -OCH3 is 1. The molecule has 21 heavy (non-hydrogen) atoms. The lowest BCUT2D eigenvalue weighted by molar-refractivity contribution is -0.137. The lowest BCUT2D eigenvalue weighted by Gasteiger charge is -2.13. The Hall–Kier alpha value is -1.64. The predicted octanol–water partition coefficient (Wildman–Crippen LogP) is -0.527. The molecule has 0 spiro atoms. The number of hydrogen-bond donors (Lipinski definition) is 2. The molecule has 1 aromatic rings. The van der Waals surface area contributed by atoms with Crippen LogP contribution in [-0.4, -0.2) is 50.8 Å². The molecule has 0 radical (unpaired) electrons. The maximum Gasteiger partial charge on any atom is 0.320 e. The van der Waals surface area contributed by atoms with E-state index in [2.05, 4.69) is 4.74 Å². The first-order valence-electron chi connectivity index (χ1n) is 6.23. The minimum Gasteiger partial charge on any atom is -0.491 e. The smallest absolute Gasteiger partial charge is 0.320 e. The Morgan fingerprint density at radius 3 is 2.76 bits per heavy atom. The van der Waals surface area contributed by atoms with Crippen LogP contribution in [0.3, 0.4) is 0 Å². The third-order valence-corrected chi connectivity index (χ3v) is 4.16. The van der Waals surface area contributed by atoms with Gasteiger partial charge in [0, 0.05) is 6.54 Å². The van der Waals surface area contributed by atoms with Gasteiger partial charge in [-0.05, 0) is 17.7 Å². The Morgan fingerprint density at radius 1 is 1.43 bits per heavy atom. The van der Waals surface area contributed by atoms with Crippen LogP contribution in [0.5, 0.6) is 5.75 Å². The average Bonchev–Trinajstić information content (AvgIpc) is 2.44. The highest BCUT2D eigenvalue weighted by atomic mass is 32.2. The monoisotopic (exact) mass is 317 g/mol. The molecule has 7 nitrogen and oxygen atoms in total. The number of esters is 1. The van der Waals surface area contributed by atoms with Gasteiger partial charge in [0.1, 0.15) is 24.2 Å². The third kappa shape index (κ3) is 6.56. The van der Waals surface area contributed by atoms with Crippen molar-refractivity contribution in [2.75, 3.05) is 25.2 Å². The van der Waals surface area contributed by atoms with Gasteiger partial charge in [0.05, 0.1) is 12.9 Å². The van der Waals surface area contributed by atoms with Gasteiger partial charge >= 0.3 is 5.97 Å². The second-order valence-corrected chi connectivity index (χ2v) is 6.56. The summed E-state index contributed by atoms with van der Waals surface area (Å²) in [6.45, 7) is 0.154. The Bertz CT molecular complexity index is 572. The molecule has 1 unspecified atom stereocenters. The number of hydrogen-bond acceptors (Lipinski definition) is 7. The molecule has 0 aliphatic carbocycles. The zero-order valence-corrected chi connectivity index (χ0v) is 12.5. The zero-order valence-electron chi connectivity index (χ0n) is 11.7. The van der Waals surface area contributed by atoms with Crippen LogP contribution in [0.1, 0.15) is 5.56 Å². The van der Waals surface area contributed by atoms with E-state index in [4.69, 9.17) is 10.5 Å². The molecule has 0 saturated carbocycles. The molecule has 8 heteroatoms. The molecule has 1 aromatic carbocycles. The van der Waals surface area contributed by atoms with Crippen molar-refractivity contribution in [2.45, 2.75) is 12.6 Å². The first-order chi connectivity index (χ1) is 9.86. The highest BCUT2D eigenvalue weighted by Crippen LogP contribution is 2.13. The Kier molecular flexibility index (Phi) is 6.60. The minimum atomic E-state index is -3.73. The zero-order chi connectivity index (χ0) is 15.9. The fourth-order valence-electron chi connectivity index (χ4n) is 1.59. The first-order valence-corrected chi connectivity index (χ1v) is 8.05. The van der Waals surface area contributed by atoms with Crippen molar-refractivity contribution in [3.63, 3.8) is 0 Å². The van der Waals surface area contributed by atoms with Crippen LogP contribution >= 0.6 is 0 Å². The second-order valence-electron chi connectivity index (χ2n) is 4.45. The molecule has 0 saturated heterocycles. The van der Waals surface area contributed by atoms with Crippen molar-refractivity contribution in [3.05, 3.63) is 29.8 Å². The van der Waals surface area contributed by atoms with E-state index in [0.717, 1.165) is 12.7 Å². The molecule has 0 aliphatic rings. The molecule has 1 atom stereocenters. The molecular weight excluding hydrogens is 298 g/mol. The van der Waals surface area contributed by atoms with E-state index < -0.39 is 33.4 Å². The Morgan fingerprint density at radius 2 is 2.14 bits per heavy atom. The maximum absolute atomic E-state index is 11.6. The van der Waals surface area contributed by atoms with E-state index in [1.165, 1.54) is 0 Å². The van der Waals surface area contributed by atoms with Crippen LogP contribution in [0.4, 0.5) is 0 Å². The van der Waals surface area contributed by atoms with Crippen molar-refractivity contribution in [1.29, 1.82) is 0 Å². The molecular formula is C13H19NO6S. The second kappa shape index (κ2) is 7.96. The van der Waals surface area contributed by atoms with Crippen molar-refractivity contribution < 1.29 is 27.8 Å². The van der Waals surface area contributed by atoms with E-state index in [-0.39, 0.29) is 6.61 Å². The normalized spacial score (nSPS) is 12.7. The standard InChI is InChI=1S/C13H19NO6S/c1-19-13(16)9-21(17,18)8-11(15)7-20-12-4-2-3-10(5-12)6-14/h2-5,11,15H,6-9,14H2,1H3. The molecule has 3 N–H and O–H groups in total. The van der Waals surface area contributed by atoms with E-state index in [0.29, 0.717) is 12.3 Å². The van der Waals surface area contributed by atoms with Crippen molar-refractivity contribution in [3.8, 4) is 5.75 Å². The van der Waals surface area contributed by atoms with Gasteiger partial charge in [0.2, 0.25) is 0 Å².